The number of rotatable bonds is 15. The van der Waals surface area contributed by atoms with Crippen molar-refractivity contribution >= 4 is 11.9 Å². The van der Waals surface area contributed by atoms with Crippen LogP contribution in [-0.2, 0) is 14.3 Å². The predicted octanol–water partition coefficient (Wildman–Crippen LogP) is 5.07. The van der Waals surface area contributed by atoms with Crippen LogP contribution in [0.5, 0.6) is 0 Å². The second kappa shape index (κ2) is 14.6. The Bertz CT molecular complexity index is 411. The topological polar surface area (TPSA) is 55.4 Å². The Balaban J connectivity index is 3.83. The van der Waals surface area contributed by atoms with Crippen LogP contribution in [0, 0.1) is 0 Å². The third-order valence-corrected chi connectivity index (χ3v) is 3.99. The maximum Gasteiger partial charge on any atom is 0.471 e. The van der Waals surface area contributed by atoms with Crippen LogP contribution < -0.4 is 5.32 Å². The molecule has 0 aliphatic heterocycles. The van der Waals surface area contributed by atoms with Crippen molar-refractivity contribution in [3.63, 3.8) is 0 Å². The van der Waals surface area contributed by atoms with Crippen molar-refractivity contribution in [3.05, 3.63) is 12.7 Å². The number of halogens is 3. The molecule has 0 saturated carbocycles. The summed E-state index contributed by atoms with van der Waals surface area (Å²) in [5.41, 5.74) is 0. The highest BCUT2D eigenvalue weighted by atomic mass is 19.4. The smallest absolute Gasteiger partial charge is 0.464 e. The van der Waals surface area contributed by atoms with Crippen LogP contribution >= 0.6 is 0 Å². The van der Waals surface area contributed by atoms with E-state index in [-0.39, 0.29) is 13.0 Å². The summed E-state index contributed by atoms with van der Waals surface area (Å²) in [5, 5.41) is 1.64. The van der Waals surface area contributed by atoms with Crippen molar-refractivity contribution in [1.29, 1.82) is 0 Å². The van der Waals surface area contributed by atoms with Crippen molar-refractivity contribution < 1.29 is 27.5 Å². The number of hydrogen-bond acceptors (Lipinski definition) is 3. The van der Waals surface area contributed by atoms with Crippen molar-refractivity contribution in [2.45, 2.75) is 89.8 Å². The minimum Gasteiger partial charge on any atom is -0.464 e. The number of hydrogen-bond donors (Lipinski definition) is 1. The molecule has 0 aromatic heterocycles. The number of unbranched alkanes of at least 4 members (excludes halogenated alkanes) is 9. The molecule has 0 heterocycles. The van der Waals surface area contributed by atoms with E-state index in [1.165, 1.54) is 44.6 Å². The monoisotopic (exact) mass is 379 g/mol. The number of ether oxygens (including phenoxy) is 1. The van der Waals surface area contributed by atoms with Gasteiger partial charge in [0.15, 0.2) is 0 Å². The zero-order valence-electron chi connectivity index (χ0n) is 15.7. The molecule has 152 valence electrons. The van der Waals surface area contributed by atoms with Crippen molar-refractivity contribution in [1.82, 2.24) is 5.32 Å². The van der Waals surface area contributed by atoms with Gasteiger partial charge in [0.05, 0.1) is 6.61 Å². The van der Waals surface area contributed by atoms with Crippen LogP contribution in [0.2, 0.25) is 0 Å². The van der Waals surface area contributed by atoms with Gasteiger partial charge >= 0.3 is 18.1 Å². The van der Waals surface area contributed by atoms with Gasteiger partial charge in [0.25, 0.3) is 0 Å². The molecule has 0 radical (unpaired) electrons. The normalized spacial score (nSPS) is 12.5. The van der Waals surface area contributed by atoms with Crippen LogP contribution in [0.4, 0.5) is 13.2 Å². The Morgan fingerprint density at radius 1 is 1.00 bits per heavy atom. The summed E-state index contributed by atoms with van der Waals surface area (Å²) in [4.78, 5) is 22.7. The van der Waals surface area contributed by atoms with E-state index in [4.69, 9.17) is 4.74 Å². The highest BCUT2D eigenvalue weighted by Gasteiger charge is 2.40. The lowest BCUT2D eigenvalue weighted by Crippen LogP contribution is -2.47. The molecule has 7 heteroatoms. The van der Waals surface area contributed by atoms with E-state index in [1.54, 1.807) is 5.32 Å². The Hall–Kier alpha value is -1.53. The lowest BCUT2D eigenvalue weighted by atomic mass is 10.1. The zero-order chi connectivity index (χ0) is 19.8. The van der Waals surface area contributed by atoms with Crippen LogP contribution in [0.3, 0.4) is 0 Å². The molecule has 1 atom stereocenters. The van der Waals surface area contributed by atoms with Gasteiger partial charge in [-0.2, -0.15) is 13.2 Å². The summed E-state index contributed by atoms with van der Waals surface area (Å²) in [6, 6.07) is -1.36. The maximum absolute atomic E-state index is 12.3. The van der Waals surface area contributed by atoms with Gasteiger partial charge in [0.2, 0.25) is 0 Å². The lowest BCUT2D eigenvalue weighted by molar-refractivity contribution is -0.175. The number of alkyl halides is 3. The molecule has 1 amide bonds. The maximum atomic E-state index is 12.3. The number of carbonyl (C=O) groups is 2. The molecule has 1 N–H and O–H groups in total. The van der Waals surface area contributed by atoms with Gasteiger partial charge in [0.1, 0.15) is 6.04 Å². The van der Waals surface area contributed by atoms with E-state index in [1.807, 2.05) is 0 Å². The molecule has 0 spiro atoms. The third-order valence-electron chi connectivity index (χ3n) is 3.99. The quantitative estimate of drug-likeness (QED) is 0.245. The molecule has 4 nitrogen and oxygen atoms in total. The summed E-state index contributed by atoms with van der Waals surface area (Å²) >= 11 is 0. The Kier molecular flexibility index (Phi) is 13.8. The van der Waals surface area contributed by atoms with E-state index in [0.717, 1.165) is 19.3 Å². The average molecular weight is 379 g/mol. The van der Waals surface area contributed by atoms with E-state index >= 15 is 0 Å². The van der Waals surface area contributed by atoms with E-state index in [2.05, 4.69) is 13.5 Å². The van der Waals surface area contributed by atoms with Crippen molar-refractivity contribution in [3.8, 4) is 0 Å². The summed E-state index contributed by atoms with van der Waals surface area (Å²) < 4.78 is 41.8. The van der Waals surface area contributed by atoms with Gasteiger partial charge in [0, 0.05) is 0 Å². The Morgan fingerprint density at radius 2 is 1.50 bits per heavy atom. The minimum atomic E-state index is -5.03. The second-order valence-electron chi connectivity index (χ2n) is 6.40. The Morgan fingerprint density at radius 3 is 1.96 bits per heavy atom. The fraction of sp³-hybridized carbons (Fsp3) is 0.789. The second-order valence-corrected chi connectivity index (χ2v) is 6.40. The van der Waals surface area contributed by atoms with Gasteiger partial charge < -0.3 is 10.1 Å². The molecule has 0 aliphatic rings. The Labute approximate surface area is 154 Å². The molecule has 0 rings (SSSR count). The van der Waals surface area contributed by atoms with E-state index in [9.17, 15) is 22.8 Å². The number of carbonyl (C=O) groups excluding carboxylic acids is 2. The average Bonchev–Trinajstić information content (AvgIpc) is 2.58. The van der Waals surface area contributed by atoms with Crippen molar-refractivity contribution in [2.24, 2.45) is 0 Å². The molecule has 0 bridgehead atoms. The highest BCUT2D eigenvalue weighted by Crippen LogP contribution is 2.15. The van der Waals surface area contributed by atoms with Gasteiger partial charge in [-0.05, 0) is 12.8 Å². The molecule has 0 aromatic carbocycles. The molecule has 1 unspecified atom stereocenters. The molecule has 0 aliphatic carbocycles. The van der Waals surface area contributed by atoms with Crippen LogP contribution in [-0.4, -0.2) is 30.7 Å². The molecule has 0 saturated heterocycles. The molecule has 0 aromatic rings. The first-order valence-corrected chi connectivity index (χ1v) is 9.48. The van der Waals surface area contributed by atoms with Crippen LogP contribution in [0.15, 0.2) is 12.7 Å². The standard InChI is InChI=1S/C19H32F3NO3/c1-3-5-6-7-8-9-10-11-12-13-15-26-17(24)16(14-4-2)23-18(25)19(20,21)22/h4,16H,2-3,5-15H2,1H3,(H,23,25). The first kappa shape index (κ1) is 24.5. The fourth-order valence-corrected chi connectivity index (χ4v) is 2.48. The molecular weight excluding hydrogens is 347 g/mol. The van der Waals surface area contributed by atoms with Crippen LogP contribution in [0.1, 0.15) is 77.6 Å². The summed E-state index contributed by atoms with van der Waals surface area (Å²) in [7, 11) is 0. The van der Waals surface area contributed by atoms with Gasteiger partial charge in [-0.3, -0.25) is 4.79 Å². The first-order chi connectivity index (χ1) is 12.3. The SMILES string of the molecule is C=CCC(NC(=O)C(F)(F)F)C(=O)OCCCCCCCCCCCC. The summed E-state index contributed by atoms with van der Waals surface area (Å²) in [6.07, 6.45) is 7.44. The fourth-order valence-electron chi connectivity index (χ4n) is 2.48. The molecule has 0 fully saturated rings. The first-order valence-electron chi connectivity index (χ1n) is 9.48. The van der Waals surface area contributed by atoms with E-state index < -0.39 is 24.1 Å². The van der Waals surface area contributed by atoms with Crippen LogP contribution in [0.25, 0.3) is 0 Å². The summed E-state index contributed by atoms with van der Waals surface area (Å²) in [6.45, 7) is 5.71. The van der Waals surface area contributed by atoms with Gasteiger partial charge in [-0.15, -0.1) is 6.58 Å². The summed E-state index contributed by atoms with van der Waals surface area (Å²) in [5.74, 6) is -3.02. The number of nitrogens with one attached hydrogen (secondary N) is 1. The number of esters is 1. The third kappa shape index (κ3) is 12.8. The van der Waals surface area contributed by atoms with Crippen molar-refractivity contribution in [2.75, 3.05) is 6.61 Å². The van der Waals surface area contributed by atoms with Gasteiger partial charge in [-0.25, -0.2) is 4.79 Å². The predicted molar refractivity (Wildman–Crippen MR) is 95.6 cm³/mol. The van der Waals surface area contributed by atoms with Gasteiger partial charge in [-0.1, -0.05) is 70.8 Å². The number of amides is 1. The largest absolute Gasteiger partial charge is 0.471 e. The zero-order valence-corrected chi connectivity index (χ0v) is 15.7. The molecular formula is C19H32F3NO3. The highest BCUT2D eigenvalue weighted by molar-refractivity contribution is 5.87. The minimum absolute atomic E-state index is 0.112. The lowest BCUT2D eigenvalue weighted by Gasteiger charge is -2.17. The van der Waals surface area contributed by atoms with E-state index in [0.29, 0.717) is 6.42 Å². The molecule has 26 heavy (non-hydrogen) atoms.